The summed E-state index contributed by atoms with van der Waals surface area (Å²) in [5, 5.41) is 0.0289. The van der Waals surface area contributed by atoms with Crippen molar-refractivity contribution in [3.8, 4) is 0 Å². The van der Waals surface area contributed by atoms with Crippen LogP contribution in [0.3, 0.4) is 0 Å². The van der Waals surface area contributed by atoms with Gasteiger partial charge in [0.15, 0.2) is 0 Å². The van der Waals surface area contributed by atoms with Gasteiger partial charge in [0.2, 0.25) is 0 Å². The minimum Gasteiger partial charge on any atom is -0.351 e. The van der Waals surface area contributed by atoms with E-state index >= 15 is 0 Å². The van der Waals surface area contributed by atoms with Gasteiger partial charge in [0.25, 0.3) is 10.0 Å². The van der Waals surface area contributed by atoms with Crippen LogP contribution in [0.15, 0.2) is 29.2 Å². The first-order chi connectivity index (χ1) is 6.43. The van der Waals surface area contributed by atoms with E-state index in [-0.39, 0.29) is 9.92 Å². The van der Waals surface area contributed by atoms with E-state index in [0.29, 0.717) is 0 Å². The zero-order chi connectivity index (χ0) is 10.8. The molecule has 0 heterocycles. The summed E-state index contributed by atoms with van der Waals surface area (Å²) in [6, 6.07) is 4.59. The lowest BCUT2D eigenvalue weighted by molar-refractivity contribution is 0.253. The van der Waals surface area contributed by atoms with Gasteiger partial charge in [0.1, 0.15) is 4.90 Å². The molecule has 0 saturated carbocycles. The number of carbonyl (C=O) groups excluding carboxylic acids is 1. The largest absolute Gasteiger partial charge is 0.351 e. The predicted molar refractivity (Wildman–Crippen MR) is 51.4 cm³/mol. The number of nitrogens with two attached hydrogens (primary N) is 1. The topological polar surface area (TPSA) is 89.3 Å². The van der Waals surface area contributed by atoms with Crippen LogP contribution in [0, 0.1) is 0 Å². The van der Waals surface area contributed by atoms with Gasteiger partial charge in [-0.25, -0.2) is 17.9 Å². The molecule has 0 atom stereocenters. The van der Waals surface area contributed by atoms with E-state index in [1.165, 1.54) is 18.2 Å². The number of carbonyl (C=O) groups is 1. The number of hydrogen-bond acceptors (Lipinski definition) is 3. The van der Waals surface area contributed by atoms with Crippen LogP contribution in [0.1, 0.15) is 0 Å². The number of benzene rings is 1. The van der Waals surface area contributed by atoms with Crippen LogP contribution in [0.4, 0.5) is 4.79 Å². The number of amides is 2. The minimum absolute atomic E-state index is 0.0289. The Morgan fingerprint density at radius 2 is 1.93 bits per heavy atom. The van der Waals surface area contributed by atoms with Crippen molar-refractivity contribution < 1.29 is 13.2 Å². The Balaban J connectivity index is 3.17. The zero-order valence-electron chi connectivity index (χ0n) is 6.90. The number of sulfonamides is 1. The first kappa shape index (κ1) is 10.8. The van der Waals surface area contributed by atoms with E-state index < -0.39 is 16.1 Å². The van der Waals surface area contributed by atoms with Crippen molar-refractivity contribution in [1.82, 2.24) is 4.72 Å². The highest BCUT2D eigenvalue weighted by molar-refractivity contribution is 7.90. The van der Waals surface area contributed by atoms with Gasteiger partial charge in [-0.05, 0) is 12.1 Å². The number of urea groups is 1. The van der Waals surface area contributed by atoms with Crippen molar-refractivity contribution in [2.24, 2.45) is 5.73 Å². The van der Waals surface area contributed by atoms with Crippen LogP contribution in [-0.4, -0.2) is 14.4 Å². The highest BCUT2D eigenvalue weighted by atomic mass is 35.5. The molecule has 1 aromatic carbocycles. The number of primary amides is 1. The monoisotopic (exact) mass is 234 g/mol. The molecule has 7 heteroatoms. The summed E-state index contributed by atoms with van der Waals surface area (Å²) in [6.07, 6.45) is 0. The molecule has 0 aromatic heterocycles. The van der Waals surface area contributed by atoms with Crippen molar-refractivity contribution in [3.63, 3.8) is 0 Å². The maximum absolute atomic E-state index is 11.4. The molecule has 76 valence electrons. The fourth-order valence-electron chi connectivity index (χ4n) is 0.850. The van der Waals surface area contributed by atoms with Crippen molar-refractivity contribution in [3.05, 3.63) is 29.3 Å². The molecule has 1 aromatic rings. The lowest BCUT2D eigenvalue weighted by Gasteiger charge is -2.05. The van der Waals surface area contributed by atoms with Crippen LogP contribution in [0.25, 0.3) is 0 Å². The SMILES string of the molecule is NC(=O)NS(=O)(=O)c1ccccc1Cl. The van der Waals surface area contributed by atoms with Crippen molar-refractivity contribution in [1.29, 1.82) is 0 Å². The summed E-state index contributed by atoms with van der Waals surface area (Å²) in [5.74, 6) is 0. The molecule has 0 fully saturated rings. The summed E-state index contributed by atoms with van der Waals surface area (Å²) in [7, 11) is -3.95. The molecule has 2 amide bonds. The average molecular weight is 235 g/mol. The van der Waals surface area contributed by atoms with Gasteiger partial charge in [0.05, 0.1) is 5.02 Å². The first-order valence-corrected chi connectivity index (χ1v) is 5.36. The highest BCUT2D eigenvalue weighted by Gasteiger charge is 2.18. The fraction of sp³-hybridized carbons (Fsp3) is 0. The van der Waals surface area contributed by atoms with E-state index in [1.807, 2.05) is 0 Å². The van der Waals surface area contributed by atoms with E-state index in [9.17, 15) is 13.2 Å². The van der Waals surface area contributed by atoms with Crippen LogP contribution >= 0.6 is 11.6 Å². The molecule has 5 nitrogen and oxygen atoms in total. The summed E-state index contributed by atoms with van der Waals surface area (Å²) in [4.78, 5) is 10.2. The average Bonchev–Trinajstić information content (AvgIpc) is 2.02. The third-order valence-electron chi connectivity index (χ3n) is 1.36. The smallest absolute Gasteiger partial charge is 0.326 e. The van der Waals surface area contributed by atoms with Gasteiger partial charge in [-0.2, -0.15) is 0 Å². The normalized spacial score (nSPS) is 10.9. The van der Waals surface area contributed by atoms with Crippen LogP contribution < -0.4 is 10.5 Å². The van der Waals surface area contributed by atoms with Gasteiger partial charge in [-0.3, -0.25) is 0 Å². The zero-order valence-corrected chi connectivity index (χ0v) is 8.47. The highest BCUT2D eigenvalue weighted by Crippen LogP contribution is 2.19. The molecule has 3 N–H and O–H groups in total. The Morgan fingerprint density at radius 1 is 1.36 bits per heavy atom. The summed E-state index contributed by atoms with van der Waals surface area (Å²) in [5.41, 5.74) is 4.69. The summed E-state index contributed by atoms with van der Waals surface area (Å²) < 4.78 is 24.3. The van der Waals surface area contributed by atoms with E-state index in [2.05, 4.69) is 0 Å². The van der Waals surface area contributed by atoms with Crippen molar-refractivity contribution in [2.75, 3.05) is 0 Å². The van der Waals surface area contributed by atoms with Gasteiger partial charge in [-0.15, -0.1) is 0 Å². The Kier molecular flexibility index (Phi) is 2.97. The molecule has 0 unspecified atom stereocenters. The molecule has 0 aliphatic rings. The predicted octanol–water partition coefficient (Wildman–Crippen LogP) is 0.697. The Hall–Kier alpha value is -1.27. The molecular weight excluding hydrogens is 228 g/mol. The summed E-state index contributed by atoms with van der Waals surface area (Å²) >= 11 is 5.62. The maximum Gasteiger partial charge on any atom is 0.326 e. The van der Waals surface area contributed by atoms with E-state index in [0.717, 1.165) is 0 Å². The van der Waals surface area contributed by atoms with E-state index in [4.69, 9.17) is 17.3 Å². The Labute approximate surface area is 85.9 Å². The molecule has 0 spiro atoms. The second-order valence-corrected chi connectivity index (χ2v) is 4.46. The number of hydrogen-bond donors (Lipinski definition) is 2. The molecule has 0 aliphatic heterocycles. The second kappa shape index (κ2) is 3.85. The standard InChI is InChI=1S/C7H7ClN2O3S/c8-5-3-1-2-4-6(5)14(12,13)10-7(9)11/h1-4H,(H3,9,10,11). The summed E-state index contributed by atoms with van der Waals surface area (Å²) in [6.45, 7) is 0. The van der Waals surface area contributed by atoms with Gasteiger partial charge in [0, 0.05) is 0 Å². The molecule has 1 rings (SSSR count). The van der Waals surface area contributed by atoms with Crippen LogP contribution in [0.2, 0.25) is 5.02 Å². The third-order valence-corrected chi connectivity index (χ3v) is 3.21. The minimum atomic E-state index is -3.95. The Bertz CT molecular complexity index is 458. The lowest BCUT2D eigenvalue weighted by Crippen LogP contribution is -2.35. The van der Waals surface area contributed by atoms with Gasteiger partial charge >= 0.3 is 6.03 Å². The Morgan fingerprint density at radius 3 is 2.43 bits per heavy atom. The first-order valence-electron chi connectivity index (χ1n) is 3.50. The number of rotatable bonds is 2. The second-order valence-electron chi connectivity index (χ2n) is 2.40. The van der Waals surface area contributed by atoms with Gasteiger partial charge in [-0.1, -0.05) is 23.7 Å². The third kappa shape index (κ3) is 2.36. The van der Waals surface area contributed by atoms with Crippen molar-refractivity contribution >= 4 is 27.7 Å². The van der Waals surface area contributed by atoms with Crippen LogP contribution in [0.5, 0.6) is 0 Å². The quantitative estimate of drug-likeness (QED) is 0.789. The molecule has 14 heavy (non-hydrogen) atoms. The molecule has 0 saturated heterocycles. The van der Waals surface area contributed by atoms with Crippen molar-refractivity contribution in [2.45, 2.75) is 4.90 Å². The molecule has 0 aliphatic carbocycles. The molecular formula is C7H7ClN2O3S. The fourth-order valence-corrected chi connectivity index (χ4v) is 2.25. The molecule has 0 radical (unpaired) electrons. The number of halogens is 1. The maximum atomic E-state index is 11.4. The lowest BCUT2D eigenvalue weighted by atomic mass is 10.4. The number of nitrogens with one attached hydrogen (secondary N) is 1. The van der Waals surface area contributed by atoms with Crippen LogP contribution in [-0.2, 0) is 10.0 Å². The van der Waals surface area contributed by atoms with E-state index in [1.54, 1.807) is 10.8 Å². The molecule has 0 bridgehead atoms. The van der Waals surface area contributed by atoms with Gasteiger partial charge < -0.3 is 5.73 Å².